The van der Waals surface area contributed by atoms with Crippen molar-refractivity contribution in [3.63, 3.8) is 0 Å². The molecule has 1 aromatic heterocycles. The molecule has 4 heteroatoms. The molecule has 3 atom stereocenters. The van der Waals surface area contributed by atoms with Gasteiger partial charge in [-0.3, -0.25) is 5.10 Å². The number of aliphatic hydroxyl groups is 1. The molecule has 3 unspecified atom stereocenters. The van der Waals surface area contributed by atoms with Crippen LogP contribution in [0.25, 0.3) is 0 Å². The van der Waals surface area contributed by atoms with E-state index in [1.807, 2.05) is 0 Å². The first-order valence-electron chi connectivity index (χ1n) is 5.28. The highest BCUT2D eigenvalue weighted by atomic mass is 16.3. The summed E-state index contributed by atoms with van der Waals surface area (Å²) in [6.07, 6.45) is 3.17. The van der Waals surface area contributed by atoms with Crippen molar-refractivity contribution in [1.29, 1.82) is 0 Å². The van der Waals surface area contributed by atoms with Crippen LogP contribution in [0.2, 0.25) is 0 Å². The van der Waals surface area contributed by atoms with Gasteiger partial charge in [0.05, 0.1) is 0 Å². The highest BCUT2D eigenvalue weighted by Crippen LogP contribution is 2.37. The van der Waals surface area contributed by atoms with Gasteiger partial charge in [-0.15, -0.1) is 0 Å². The molecule has 0 spiro atoms. The number of aromatic amines is 1. The largest absolute Gasteiger partial charge is 0.385 e. The molecule has 0 amide bonds. The van der Waals surface area contributed by atoms with Crippen molar-refractivity contribution in [1.82, 2.24) is 15.2 Å². The van der Waals surface area contributed by atoms with E-state index in [0.29, 0.717) is 17.7 Å². The van der Waals surface area contributed by atoms with Crippen LogP contribution < -0.4 is 0 Å². The van der Waals surface area contributed by atoms with E-state index < -0.39 is 6.10 Å². The molecule has 0 saturated heterocycles. The summed E-state index contributed by atoms with van der Waals surface area (Å²) in [5.74, 6) is 2.66. The van der Waals surface area contributed by atoms with Crippen molar-refractivity contribution in [2.45, 2.75) is 45.1 Å². The second kappa shape index (κ2) is 3.69. The number of aromatic nitrogens is 3. The van der Waals surface area contributed by atoms with Gasteiger partial charge in [0.25, 0.3) is 0 Å². The molecule has 1 aliphatic rings. The fourth-order valence-corrected chi connectivity index (χ4v) is 2.19. The zero-order valence-electron chi connectivity index (χ0n) is 8.70. The average molecular weight is 195 g/mol. The van der Waals surface area contributed by atoms with Crippen LogP contribution in [0.4, 0.5) is 0 Å². The van der Waals surface area contributed by atoms with Gasteiger partial charge in [-0.25, -0.2) is 4.98 Å². The Kier molecular flexibility index (Phi) is 2.54. The highest BCUT2D eigenvalue weighted by molar-refractivity contribution is 5.03. The number of rotatable bonds is 2. The number of H-pyrrole nitrogens is 1. The summed E-state index contributed by atoms with van der Waals surface area (Å²) in [5, 5.41) is 16.2. The summed E-state index contributed by atoms with van der Waals surface area (Å²) in [6.45, 7) is 3.94. The maximum absolute atomic E-state index is 9.30. The molecule has 0 aromatic carbocycles. The van der Waals surface area contributed by atoms with Crippen LogP contribution >= 0.6 is 0 Å². The Hall–Kier alpha value is -0.900. The monoisotopic (exact) mass is 195 g/mol. The molecule has 1 aliphatic carbocycles. The lowest BCUT2D eigenvalue weighted by Gasteiger charge is -2.10. The van der Waals surface area contributed by atoms with Crippen molar-refractivity contribution in [3.05, 3.63) is 11.6 Å². The van der Waals surface area contributed by atoms with Gasteiger partial charge in [0.2, 0.25) is 0 Å². The molecule has 78 valence electrons. The second-order valence-electron chi connectivity index (χ2n) is 4.27. The van der Waals surface area contributed by atoms with E-state index in [0.717, 1.165) is 5.82 Å². The first kappa shape index (κ1) is 9.65. The number of aliphatic hydroxyl groups excluding tert-OH is 1. The SMILES string of the molecule is CC(O)c1n[nH]c(C2CCCC2C)n1. The van der Waals surface area contributed by atoms with E-state index in [1.165, 1.54) is 19.3 Å². The molecule has 1 fully saturated rings. The van der Waals surface area contributed by atoms with Gasteiger partial charge < -0.3 is 5.11 Å². The molecular formula is C10H17N3O. The molecule has 14 heavy (non-hydrogen) atoms. The summed E-state index contributed by atoms with van der Waals surface area (Å²) < 4.78 is 0. The first-order valence-corrected chi connectivity index (χ1v) is 5.28. The number of nitrogens with one attached hydrogen (secondary N) is 1. The summed E-state index contributed by atoms with van der Waals surface area (Å²) in [4.78, 5) is 4.33. The Morgan fingerprint density at radius 3 is 2.79 bits per heavy atom. The van der Waals surface area contributed by atoms with E-state index in [2.05, 4.69) is 22.1 Å². The second-order valence-corrected chi connectivity index (χ2v) is 4.27. The van der Waals surface area contributed by atoms with Gasteiger partial charge in [0.15, 0.2) is 5.82 Å². The van der Waals surface area contributed by atoms with Crippen LogP contribution in [0.5, 0.6) is 0 Å². The number of nitrogens with zero attached hydrogens (tertiary/aromatic N) is 2. The van der Waals surface area contributed by atoms with Crippen molar-refractivity contribution < 1.29 is 5.11 Å². The summed E-state index contributed by atoms with van der Waals surface area (Å²) >= 11 is 0. The fraction of sp³-hybridized carbons (Fsp3) is 0.800. The Balaban J connectivity index is 2.16. The Bertz CT molecular complexity index is 308. The number of hydrogen-bond donors (Lipinski definition) is 2. The molecular weight excluding hydrogens is 178 g/mol. The minimum Gasteiger partial charge on any atom is -0.385 e. The molecule has 0 aliphatic heterocycles. The minimum absolute atomic E-state index is 0.509. The van der Waals surface area contributed by atoms with Crippen LogP contribution in [-0.2, 0) is 0 Å². The highest BCUT2D eigenvalue weighted by Gasteiger charge is 2.27. The van der Waals surface area contributed by atoms with Gasteiger partial charge in [0.1, 0.15) is 11.9 Å². The van der Waals surface area contributed by atoms with E-state index in [4.69, 9.17) is 0 Å². The quantitative estimate of drug-likeness (QED) is 0.756. The van der Waals surface area contributed by atoms with Gasteiger partial charge in [0, 0.05) is 5.92 Å². The smallest absolute Gasteiger partial charge is 0.178 e. The maximum Gasteiger partial charge on any atom is 0.178 e. The summed E-state index contributed by atoms with van der Waals surface area (Å²) in [6, 6.07) is 0. The summed E-state index contributed by atoms with van der Waals surface area (Å²) in [7, 11) is 0. The van der Waals surface area contributed by atoms with Crippen LogP contribution in [-0.4, -0.2) is 20.3 Å². The van der Waals surface area contributed by atoms with Crippen molar-refractivity contribution in [2.75, 3.05) is 0 Å². The fourth-order valence-electron chi connectivity index (χ4n) is 2.19. The maximum atomic E-state index is 9.30. The molecule has 0 radical (unpaired) electrons. The standard InChI is InChI=1S/C10H17N3O/c1-6-4-3-5-8(6)10-11-9(7(2)14)12-13-10/h6-8,14H,3-5H2,1-2H3,(H,11,12,13). The predicted octanol–water partition coefficient (Wildman–Crippen LogP) is 1.76. The molecule has 0 bridgehead atoms. The van der Waals surface area contributed by atoms with Gasteiger partial charge >= 0.3 is 0 Å². The van der Waals surface area contributed by atoms with Gasteiger partial charge in [-0.1, -0.05) is 13.3 Å². The van der Waals surface area contributed by atoms with E-state index in [1.54, 1.807) is 6.92 Å². The van der Waals surface area contributed by atoms with Crippen LogP contribution in [0.15, 0.2) is 0 Å². The Morgan fingerprint density at radius 1 is 1.50 bits per heavy atom. The van der Waals surface area contributed by atoms with E-state index in [9.17, 15) is 5.11 Å². The predicted molar refractivity (Wildman–Crippen MR) is 52.8 cm³/mol. The third kappa shape index (κ3) is 1.66. The Morgan fingerprint density at radius 2 is 2.29 bits per heavy atom. The summed E-state index contributed by atoms with van der Waals surface area (Å²) in [5.41, 5.74) is 0. The Labute approximate surface area is 83.8 Å². The molecule has 2 rings (SSSR count). The lowest BCUT2D eigenvalue weighted by Crippen LogP contribution is -2.04. The average Bonchev–Trinajstić information content (AvgIpc) is 2.71. The van der Waals surface area contributed by atoms with Gasteiger partial charge in [-0.2, -0.15) is 5.10 Å². The van der Waals surface area contributed by atoms with Crippen LogP contribution in [0.1, 0.15) is 56.8 Å². The van der Waals surface area contributed by atoms with Crippen molar-refractivity contribution >= 4 is 0 Å². The third-order valence-electron chi connectivity index (χ3n) is 3.11. The normalized spacial score (nSPS) is 29.4. The van der Waals surface area contributed by atoms with E-state index >= 15 is 0 Å². The minimum atomic E-state index is -0.572. The van der Waals surface area contributed by atoms with Crippen LogP contribution in [0, 0.1) is 5.92 Å². The van der Waals surface area contributed by atoms with Crippen LogP contribution in [0.3, 0.4) is 0 Å². The zero-order chi connectivity index (χ0) is 10.1. The van der Waals surface area contributed by atoms with Crippen molar-refractivity contribution in [3.8, 4) is 0 Å². The lowest BCUT2D eigenvalue weighted by atomic mass is 9.98. The molecule has 1 heterocycles. The zero-order valence-corrected chi connectivity index (χ0v) is 8.70. The first-order chi connectivity index (χ1) is 6.68. The lowest BCUT2D eigenvalue weighted by molar-refractivity contribution is 0.189. The molecule has 4 nitrogen and oxygen atoms in total. The third-order valence-corrected chi connectivity index (χ3v) is 3.11. The van der Waals surface area contributed by atoms with E-state index in [-0.39, 0.29) is 0 Å². The molecule has 1 aromatic rings. The number of hydrogen-bond acceptors (Lipinski definition) is 3. The molecule has 2 N–H and O–H groups in total. The van der Waals surface area contributed by atoms with Gasteiger partial charge in [-0.05, 0) is 25.7 Å². The molecule has 1 saturated carbocycles. The topological polar surface area (TPSA) is 61.8 Å². The van der Waals surface area contributed by atoms with Crippen molar-refractivity contribution in [2.24, 2.45) is 5.92 Å².